The highest BCUT2D eigenvalue weighted by Crippen LogP contribution is 2.30. The van der Waals surface area contributed by atoms with Gasteiger partial charge in [-0.25, -0.2) is 4.79 Å². The molecular formula is C9H6F3NO4S2. The molecule has 2 rings (SSSR count). The van der Waals surface area contributed by atoms with Crippen LogP contribution in [0.1, 0.15) is 5.56 Å². The number of hydrogen-bond acceptors (Lipinski definition) is 5. The van der Waals surface area contributed by atoms with E-state index in [1.54, 1.807) is 0 Å². The van der Waals surface area contributed by atoms with Crippen molar-refractivity contribution in [3.8, 4) is 0 Å². The smallest absolute Gasteiger partial charge is 0.414 e. The Morgan fingerprint density at radius 1 is 1.32 bits per heavy atom. The molecule has 2 aromatic rings. The van der Waals surface area contributed by atoms with Crippen molar-refractivity contribution in [3.63, 3.8) is 0 Å². The Hall–Kier alpha value is -1.55. The molecule has 19 heavy (non-hydrogen) atoms. The van der Waals surface area contributed by atoms with Gasteiger partial charge in [0.15, 0.2) is 0 Å². The number of benzene rings is 1. The highest BCUT2D eigenvalue weighted by atomic mass is 32.2. The predicted molar refractivity (Wildman–Crippen MR) is 63.7 cm³/mol. The van der Waals surface area contributed by atoms with Gasteiger partial charge in [-0.3, -0.25) is 4.72 Å². The van der Waals surface area contributed by atoms with Gasteiger partial charge >= 0.3 is 20.5 Å². The van der Waals surface area contributed by atoms with Crippen molar-refractivity contribution >= 4 is 37.3 Å². The first-order chi connectivity index (χ1) is 8.60. The van der Waals surface area contributed by atoms with Crippen LogP contribution in [0.4, 0.5) is 18.9 Å². The fraction of sp³-hybridized carbons (Fsp3) is 0.222. The summed E-state index contributed by atoms with van der Waals surface area (Å²) in [5.74, 6) is 0. The molecule has 0 bridgehead atoms. The number of anilines is 1. The zero-order valence-electron chi connectivity index (χ0n) is 9.24. The number of nitrogens with one attached hydrogen (secondary N) is 1. The zero-order valence-corrected chi connectivity index (χ0v) is 10.9. The van der Waals surface area contributed by atoms with Crippen LogP contribution in [-0.2, 0) is 10.0 Å². The van der Waals surface area contributed by atoms with Crippen molar-refractivity contribution in [2.45, 2.75) is 12.4 Å². The third kappa shape index (κ3) is 2.59. The molecule has 0 aliphatic heterocycles. The average molecular weight is 313 g/mol. The number of alkyl halides is 3. The Labute approximate surface area is 108 Å². The van der Waals surface area contributed by atoms with E-state index in [1.165, 1.54) is 17.7 Å². The van der Waals surface area contributed by atoms with E-state index < -0.39 is 20.5 Å². The maximum atomic E-state index is 12.3. The molecule has 0 saturated carbocycles. The van der Waals surface area contributed by atoms with E-state index in [0.29, 0.717) is 11.3 Å². The van der Waals surface area contributed by atoms with Gasteiger partial charge in [0, 0.05) is 0 Å². The normalized spacial score (nSPS) is 12.8. The number of hydrogen-bond donors (Lipinski definition) is 1. The second-order valence-electron chi connectivity index (χ2n) is 3.62. The van der Waals surface area contributed by atoms with E-state index in [9.17, 15) is 26.4 Å². The van der Waals surface area contributed by atoms with Gasteiger partial charge in [0.2, 0.25) is 0 Å². The monoisotopic (exact) mass is 313 g/mol. The summed E-state index contributed by atoms with van der Waals surface area (Å²) in [6, 6.07) is 2.42. The Balaban J connectivity index is 2.52. The minimum absolute atomic E-state index is 0.197. The third-order valence-corrected chi connectivity index (χ3v) is 4.11. The highest BCUT2D eigenvalue weighted by molar-refractivity contribution is 7.93. The van der Waals surface area contributed by atoms with E-state index >= 15 is 0 Å². The lowest BCUT2D eigenvalue weighted by Gasteiger charge is -2.12. The van der Waals surface area contributed by atoms with E-state index in [2.05, 4.69) is 0 Å². The van der Waals surface area contributed by atoms with Crippen molar-refractivity contribution < 1.29 is 26.0 Å². The quantitative estimate of drug-likeness (QED) is 0.924. The second-order valence-corrected chi connectivity index (χ2v) is 6.27. The molecule has 0 atom stereocenters. The van der Waals surface area contributed by atoms with Crippen LogP contribution in [0.15, 0.2) is 21.3 Å². The molecule has 10 heteroatoms. The van der Waals surface area contributed by atoms with Crippen molar-refractivity contribution in [2.24, 2.45) is 0 Å². The Bertz CT molecular complexity index is 788. The summed E-state index contributed by atoms with van der Waals surface area (Å²) in [6.07, 6.45) is 0. The molecule has 0 spiro atoms. The van der Waals surface area contributed by atoms with Crippen LogP contribution in [0.3, 0.4) is 0 Å². The van der Waals surface area contributed by atoms with Gasteiger partial charge in [-0.15, -0.1) is 0 Å². The van der Waals surface area contributed by atoms with Gasteiger partial charge in [-0.2, -0.15) is 21.6 Å². The largest absolute Gasteiger partial charge is 0.516 e. The second kappa shape index (κ2) is 4.23. The Morgan fingerprint density at radius 3 is 2.53 bits per heavy atom. The molecule has 1 aromatic heterocycles. The van der Waals surface area contributed by atoms with Crippen molar-refractivity contribution in [2.75, 3.05) is 4.72 Å². The molecule has 104 valence electrons. The third-order valence-electron chi connectivity index (χ3n) is 2.23. The summed E-state index contributed by atoms with van der Waals surface area (Å²) in [5.41, 5.74) is -5.25. The molecule has 0 amide bonds. The van der Waals surface area contributed by atoms with Crippen molar-refractivity contribution in [1.82, 2.24) is 0 Å². The van der Waals surface area contributed by atoms with Gasteiger partial charge < -0.3 is 4.42 Å². The summed E-state index contributed by atoms with van der Waals surface area (Å²) in [4.78, 5) is 10.4. The summed E-state index contributed by atoms with van der Waals surface area (Å²) < 4.78 is 65.2. The first-order valence-corrected chi connectivity index (χ1v) is 7.03. The minimum atomic E-state index is -5.49. The van der Waals surface area contributed by atoms with Crippen molar-refractivity contribution in [1.29, 1.82) is 0 Å². The van der Waals surface area contributed by atoms with E-state index in [0.717, 1.165) is 6.07 Å². The van der Waals surface area contributed by atoms with Crippen molar-refractivity contribution in [3.05, 3.63) is 27.4 Å². The van der Waals surface area contributed by atoms with Crippen LogP contribution in [0.25, 0.3) is 10.3 Å². The number of halogens is 3. The SMILES string of the molecule is Cc1cc2oc(=O)sc2cc1NS(=O)(=O)C(F)(F)F. The zero-order chi connectivity index (χ0) is 14.4. The molecule has 0 aliphatic carbocycles. The van der Waals surface area contributed by atoms with Gasteiger partial charge in [0.05, 0.1) is 10.4 Å². The van der Waals surface area contributed by atoms with Crippen LogP contribution in [0, 0.1) is 6.92 Å². The molecule has 1 heterocycles. The fourth-order valence-electron chi connectivity index (χ4n) is 1.33. The summed E-state index contributed by atoms with van der Waals surface area (Å²) in [6.45, 7) is 1.39. The lowest BCUT2D eigenvalue weighted by Crippen LogP contribution is -2.30. The number of aryl methyl sites for hydroxylation is 1. The predicted octanol–water partition coefficient (Wildman–Crippen LogP) is 2.42. The molecule has 0 saturated heterocycles. The fourth-order valence-corrected chi connectivity index (χ4v) is 2.65. The lowest BCUT2D eigenvalue weighted by molar-refractivity contribution is -0.0429. The molecule has 0 unspecified atom stereocenters. The van der Waals surface area contributed by atoms with E-state index in [4.69, 9.17) is 4.42 Å². The lowest BCUT2D eigenvalue weighted by atomic mass is 10.2. The topological polar surface area (TPSA) is 76.4 Å². The number of sulfonamides is 1. The van der Waals surface area contributed by atoms with Crippen LogP contribution >= 0.6 is 11.3 Å². The maximum Gasteiger partial charge on any atom is 0.516 e. The standard InChI is InChI=1S/C9H6F3NO4S2/c1-4-2-6-7(18-8(14)17-6)3-5(4)13-19(15,16)9(10,11)12/h2-3,13H,1H3. The first-order valence-electron chi connectivity index (χ1n) is 4.73. The van der Waals surface area contributed by atoms with Crippen LogP contribution in [0.2, 0.25) is 0 Å². The van der Waals surface area contributed by atoms with Gasteiger partial charge in [0.1, 0.15) is 5.58 Å². The average Bonchev–Trinajstić information content (AvgIpc) is 2.55. The molecule has 1 N–H and O–H groups in total. The van der Waals surface area contributed by atoms with Crippen LogP contribution in [-0.4, -0.2) is 13.9 Å². The molecule has 0 fully saturated rings. The summed E-state index contributed by atoms with van der Waals surface area (Å²) >= 11 is 0.670. The summed E-state index contributed by atoms with van der Waals surface area (Å²) in [7, 11) is -5.49. The van der Waals surface area contributed by atoms with Crippen LogP contribution in [0.5, 0.6) is 0 Å². The number of rotatable bonds is 2. The van der Waals surface area contributed by atoms with E-state index in [1.807, 2.05) is 0 Å². The Morgan fingerprint density at radius 2 is 1.95 bits per heavy atom. The molecule has 1 aromatic carbocycles. The van der Waals surface area contributed by atoms with Gasteiger partial charge in [-0.05, 0) is 24.6 Å². The minimum Gasteiger partial charge on any atom is -0.414 e. The molecule has 0 radical (unpaired) electrons. The Kier molecular flexibility index (Phi) is 3.09. The first kappa shape index (κ1) is 13.9. The van der Waals surface area contributed by atoms with Crippen LogP contribution < -0.4 is 9.66 Å². The molecule has 0 aliphatic rings. The molecule has 5 nitrogen and oxygen atoms in total. The highest BCUT2D eigenvalue weighted by Gasteiger charge is 2.46. The maximum absolute atomic E-state index is 12.3. The summed E-state index contributed by atoms with van der Waals surface area (Å²) in [5, 5.41) is 0. The molecular weight excluding hydrogens is 307 g/mol. The van der Waals surface area contributed by atoms with Gasteiger partial charge in [0.25, 0.3) is 0 Å². The van der Waals surface area contributed by atoms with E-state index in [-0.39, 0.29) is 21.5 Å². The van der Waals surface area contributed by atoms with Gasteiger partial charge in [-0.1, -0.05) is 11.3 Å². The number of fused-ring (bicyclic) bond motifs is 1.